The Balaban J connectivity index is 2.03. The maximum absolute atomic E-state index is 5.85. The molecule has 0 aliphatic carbocycles. The number of hydrogen-bond donors (Lipinski definition) is 2. The van der Waals surface area contributed by atoms with Crippen molar-refractivity contribution in [3.63, 3.8) is 0 Å². The standard InChI is InChI=1S/C13H27N3O2/c1-13(2,16-5-9-18-10-6-16)12(15-14)11-3-7-17-8-4-11/h11-12,15H,3-10,14H2,1-2H3. The van der Waals surface area contributed by atoms with Gasteiger partial charge in [-0.2, -0.15) is 0 Å². The molecule has 2 saturated heterocycles. The van der Waals surface area contributed by atoms with Crippen molar-refractivity contribution in [2.75, 3.05) is 39.5 Å². The molecule has 0 aromatic heterocycles. The second kappa shape index (κ2) is 6.30. The molecular formula is C13H27N3O2. The van der Waals surface area contributed by atoms with E-state index in [9.17, 15) is 0 Å². The van der Waals surface area contributed by atoms with E-state index in [4.69, 9.17) is 15.3 Å². The molecule has 2 fully saturated rings. The van der Waals surface area contributed by atoms with Crippen LogP contribution in [0.4, 0.5) is 0 Å². The number of nitrogens with one attached hydrogen (secondary N) is 1. The number of nitrogens with two attached hydrogens (primary N) is 1. The zero-order valence-corrected chi connectivity index (χ0v) is 11.7. The van der Waals surface area contributed by atoms with Crippen LogP contribution in [0.2, 0.25) is 0 Å². The van der Waals surface area contributed by atoms with Gasteiger partial charge in [0.05, 0.1) is 13.2 Å². The lowest BCUT2D eigenvalue weighted by molar-refractivity contribution is -0.0435. The normalized spacial score (nSPS) is 26.2. The van der Waals surface area contributed by atoms with Gasteiger partial charge in [0.2, 0.25) is 0 Å². The fourth-order valence-corrected chi connectivity index (χ4v) is 3.30. The summed E-state index contributed by atoms with van der Waals surface area (Å²) in [4.78, 5) is 2.50. The van der Waals surface area contributed by atoms with E-state index in [1.165, 1.54) is 0 Å². The molecule has 2 rings (SSSR count). The fourth-order valence-electron chi connectivity index (χ4n) is 3.30. The van der Waals surface area contributed by atoms with Gasteiger partial charge in [-0.15, -0.1) is 0 Å². The molecule has 3 N–H and O–H groups in total. The number of nitrogens with zero attached hydrogens (tertiary/aromatic N) is 1. The van der Waals surface area contributed by atoms with Crippen LogP contribution in [0.1, 0.15) is 26.7 Å². The summed E-state index contributed by atoms with van der Waals surface area (Å²) in [6, 6.07) is 0.305. The zero-order valence-electron chi connectivity index (χ0n) is 11.7. The third-order valence-electron chi connectivity index (χ3n) is 4.50. The van der Waals surface area contributed by atoms with Gasteiger partial charge >= 0.3 is 0 Å². The largest absolute Gasteiger partial charge is 0.381 e. The van der Waals surface area contributed by atoms with Gasteiger partial charge in [0.25, 0.3) is 0 Å². The Labute approximate surface area is 110 Å². The molecule has 5 nitrogen and oxygen atoms in total. The number of morpholine rings is 1. The van der Waals surface area contributed by atoms with Crippen molar-refractivity contribution in [3.8, 4) is 0 Å². The van der Waals surface area contributed by atoms with Crippen LogP contribution in [0, 0.1) is 5.92 Å². The van der Waals surface area contributed by atoms with Crippen LogP contribution in [0.3, 0.4) is 0 Å². The molecule has 0 aromatic rings. The van der Waals surface area contributed by atoms with E-state index in [1.807, 2.05) is 0 Å². The van der Waals surface area contributed by atoms with Crippen LogP contribution in [-0.2, 0) is 9.47 Å². The average molecular weight is 257 g/mol. The van der Waals surface area contributed by atoms with Gasteiger partial charge in [-0.05, 0) is 32.6 Å². The minimum absolute atomic E-state index is 0.0561. The highest BCUT2D eigenvalue weighted by Crippen LogP contribution is 2.30. The van der Waals surface area contributed by atoms with Crippen molar-refractivity contribution in [3.05, 3.63) is 0 Å². The number of hydrogen-bond acceptors (Lipinski definition) is 5. The van der Waals surface area contributed by atoms with Gasteiger partial charge in [0, 0.05) is 37.9 Å². The minimum Gasteiger partial charge on any atom is -0.381 e. The topological polar surface area (TPSA) is 59.8 Å². The van der Waals surface area contributed by atoms with E-state index in [1.54, 1.807) is 0 Å². The summed E-state index contributed by atoms with van der Waals surface area (Å²) in [6.07, 6.45) is 2.20. The van der Waals surface area contributed by atoms with E-state index in [-0.39, 0.29) is 5.54 Å². The maximum Gasteiger partial charge on any atom is 0.0594 e. The highest BCUT2D eigenvalue weighted by molar-refractivity contribution is 4.97. The van der Waals surface area contributed by atoms with Gasteiger partial charge in [0.15, 0.2) is 0 Å². The van der Waals surface area contributed by atoms with Crippen LogP contribution < -0.4 is 11.3 Å². The predicted octanol–water partition coefficient (Wildman–Crippen LogP) is 0.356. The Morgan fingerprint density at radius 2 is 1.67 bits per heavy atom. The summed E-state index contributed by atoms with van der Waals surface area (Å²) < 4.78 is 10.9. The number of ether oxygens (including phenoxy) is 2. The quantitative estimate of drug-likeness (QED) is 0.562. The number of rotatable bonds is 4. The van der Waals surface area contributed by atoms with Crippen LogP contribution in [0.15, 0.2) is 0 Å². The summed E-state index contributed by atoms with van der Waals surface area (Å²) in [6.45, 7) is 9.95. The summed E-state index contributed by atoms with van der Waals surface area (Å²) >= 11 is 0. The second-order valence-electron chi connectivity index (χ2n) is 5.85. The van der Waals surface area contributed by atoms with Crippen molar-refractivity contribution in [2.45, 2.75) is 38.3 Å². The third-order valence-corrected chi connectivity index (χ3v) is 4.50. The zero-order chi connectivity index (χ0) is 13.0. The fraction of sp³-hybridized carbons (Fsp3) is 1.00. The first-order valence-corrected chi connectivity index (χ1v) is 7.03. The first kappa shape index (κ1) is 14.2. The molecule has 106 valence electrons. The van der Waals surface area contributed by atoms with E-state index >= 15 is 0 Å². The van der Waals surface area contributed by atoms with E-state index in [0.29, 0.717) is 12.0 Å². The van der Waals surface area contributed by atoms with Gasteiger partial charge in [-0.3, -0.25) is 16.2 Å². The van der Waals surface area contributed by atoms with Gasteiger partial charge in [0.1, 0.15) is 0 Å². The molecule has 0 spiro atoms. The predicted molar refractivity (Wildman–Crippen MR) is 71.1 cm³/mol. The van der Waals surface area contributed by atoms with Gasteiger partial charge in [-0.25, -0.2) is 0 Å². The highest BCUT2D eigenvalue weighted by Gasteiger charge is 2.40. The van der Waals surface area contributed by atoms with Gasteiger partial charge < -0.3 is 9.47 Å². The molecule has 1 unspecified atom stereocenters. The lowest BCUT2D eigenvalue weighted by atomic mass is 9.79. The summed E-state index contributed by atoms with van der Waals surface area (Å²) in [5.41, 5.74) is 3.13. The lowest BCUT2D eigenvalue weighted by Crippen LogP contribution is -2.64. The Hall–Kier alpha value is -0.200. The lowest BCUT2D eigenvalue weighted by Gasteiger charge is -2.48. The van der Waals surface area contributed by atoms with Crippen LogP contribution in [0.5, 0.6) is 0 Å². The summed E-state index contributed by atoms with van der Waals surface area (Å²) in [7, 11) is 0. The number of hydrazine groups is 1. The van der Waals surface area contributed by atoms with E-state index in [2.05, 4.69) is 24.2 Å². The molecule has 0 aromatic carbocycles. The molecule has 0 saturated carbocycles. The molecule has 0 amide bonds. The van der Waals surface area contributed by atoms with Crippen molar-refractivity contribution >= 4 is 0 Å². The molecule has 0 bridgehead atoms. The molecule has 2 aliphatic rings. The van der Waals surface area contributed by atoms with Crippen LogP contribution >= 0.6 is 0 Å². The maximum atomic E-state index is 5.85. The molecular weight excluding hydrogens is 230 g/mol. The van der Waals surface area contributed by atoms with Crippen molar-refractivity contribution in [1.29, 1.82) is 0 Å². The SMILES string of the molecule is CC(C)(C(NN)C1CCOCC1)N1CCOCC1. The van der Waals surface area contributed by atoms with Crippen LogP contribution in [-0.4, -0.2) is 56.0 Å². The third kappa shape index (κ3) is 3.03. The van der Waals surface area contributed by atoms with Crippen molar-refractivity contribution < 1.29 is 9.47 Å². The average Bonchev–Trinajstić information content (AvgIpc) is 2.41. The molecule has 18 heavy (non-hydrogen) atoms. The second-order valence-corrected chi connectivity index (χ2v) is 5.85. The Kier molecular flexibility index (Phi) is 4.98. The molecule has 1 atom stereocenters. The first-order chi connectivity index (χ1) is 8.66. The molecule has 2 aliphatic heterocycles. The van der Waals surface area contributed by atoms with Crippen molar-refractivity contribution in [2.24, 2.45) is 11.8 Å². The monoisotopic (exact) mass is 257 g/mol. The smallest absolute Gasteiger partial charge is 0.0594 e. The molecule has 0 radical (unpaired) electrons. The highest BCUT2D eigenvalue weighted by atomic mass is 16.5. The summed E-state index contributed by atoms with van der Waals surface area (Å²) in [5.74, 6) is 6.45. The van der Waals surface area contributed by atoms with Crippen LogP contribution in [0.25, 0.3) is 0 Å². The minimum atomic E-state index is 0.0561. The Bertz CT molecular complexity index is 249. The Morgan fingerprint density at radius 1 is 1.11 bits per heavy atom. The molecule has 2 heterocycles. The Morgan fingerprint density at radius 3 is 2.22 bits per heavy atom. The summed E-state index contributed by atoms with van der Waals surface area (Å²) in [5, 5.41) is 0. The van der Waals surface area contributed by atoms with E-state index < -0.39 is 0 Å². The molecule has 5 heteroatoms. The van der Waals surface area contributed by atoms with E-state index in [0.717, 1.165) is 52.4 Å². The van der Waals surface area contributed by atoms with Gasteiger partial charge in [-0.1, -0.05) is 0 Å². The van der Waals surface area contributed by atoms with Crippen molar-refractivity contribution in [1.82, 2.24) is 10.3 Å². The first-order valence-electron chi connectivity index (χ1n) is 7.03.